The number of thiophene rings is 1. The van der Waals surface area contributed by atoms with Gasteiger partial charge in [-0.15, -0.1) is 11.3 Å². The van der Waals surface area contributed by atoms with Gasteiger partial charge in [0.05, 0.1) is 12.1 Å². The van der Waals surface area contributed by atoms with E-state index in [4.69, 9.17) is 5.73 Å². The van der Waals surface area contributed by atoms with Crippen molar-refractivity contribution >= 4 is 56.3 Å². The van der Waals surface area contributed by atoms with Crippen molar-refractivity contribution in [3.8, 4) is 0 Å². The number of benzene rings is 2. The van der Waals surface area contributed by atoms with Crippen molar-refractivity contribution in [1.82, 2.24) is 4.72 Å². The van der Waals surface area contributed by atoms with Gasteiger partial charge in [0.1, 0.15) is 4.21 Å². The number of carbonyl (C=O) groups is 3. The summed E-state index contributed by atoms with van der Waals surface area (Å²) in [5, 5.41) is 5.56. The molecule has 0 saturated heterocycles. The van der Waals surface area contributed by atoms with E-state index in [2.05, 4.69) is 10.6 Å². The highest BCUT2D eigenvalue weighted by Crippen LogP contribution is 2.28. The van der Waals surface area contributed by atoms with E-state index in [0.717, 1.165) is 26.8 Å². The Morgan fingerprint density at radius 1 is 1.06 bits per heavy atom. The number of anilines is 3. The van der Waals surface area contributed by atoms with Gasteiger partial charge in [0.25, 0.3) is 15.9 Å². The van der Waals surface area contributed by atoms with Crippen LogP contribution in [-0.4, -0.2) is 39.4 Å². The van der Waals surface area contributed by atoms with E-state index in [9.17, 15) is 22.8 Å². The van der Waals surface area contributed by atoms with Crippen LogP contribution in [0, 0.1) is 6.92 Å². The topological polar surface area (TPSA) is 151 Å². The second-order valence-corrected chi connectivity index (χ2v) is 11.0. The van der Waals surface area contributed by atoms with Crippen LogP contribution in [0.2, 0.25) is 0 Å². The number of aryl methyl sites for hydroxylation is 1. The molecule has 0 aliphatic carbocycles. The van der Waals surface area contributed by atoms with Gasteiger partial charge in [-0.25, -0.2) is 22.8 Å². The molecule has 5 N–H and O–H groups in total. The monoisotopic (exact) mass is 513 g/mol. The van der Waals surface area contributed by atoms with E-state index < -0.39 is 22.0 Å². The molecule has 35 heavy (non-hydrogen) atoms. The van der Waals surface area contributed by atoms with Crippen LogP contribution >= 0.6 is 11.3 Å². The summed E-state index contributed by atoms with van der Waals surface area (Å²) in [6, 6.07) is 13.3. The first kappa shape index (κ1) is 24.4. The summed E-state index contributed by atoms with van der Waals surface area (Å²) in [7, 11) is -3.99. The molecule has 2 aromatic carbocycles. The third-order valence-electron chi connectivity index (χ3n) is 5.19. The Morgan fingerprint density at radius 2 is 1.77 bits per heavy atom. The number of fused-ring (bicyclic) bond motifs is 1. The molecule has 4 amide bonds. The molecule has 2 heterocycles. The molecule has 0 radical (unpaired) electrons. The van der Waals surface area contributed by atoms with Crippen molar-refractivity contribution in [3.05, 3.63) is 70.6 Å². The van der Waals surface area contributed by atoms with Gasteiger partial charge in [0.2, 0.25) is 5.91 Å². The Morgan fingerprint density at radius 3 is 2.43 bits per heavy atom. The van der Waals surface area contributed by atoms with Crippen LogP contribution in [0.15, 0.2) is 58.8 Å². The minimum atomic E-state index is -3.99. The van der Waals surface area contributed by atoms with E-state index in [-0.39, 0.29) is 22.2 Å². The first-order chi connectivity index (χ1) is 16.7. The third kappa shape index (κ3) is 5.34. The number of hydrogen-bond acceptors (Lipinski definition) is 8. The highest BCUT2D eigenvalue weighted by molar-refractivity contribution is 7.92. The number of nitrogens with one attached hydrogen (secondary N) is 3. The summed E-state index contributed by atoms with van der Waals surface area (Å²) in [4.78, 5) is 39.9. The van der Waals surface area contributed by atoms with Gasteiger partial charge in [-0.3, -0.25) is 9.59 Å². The predicted octanol–water partition coefficient (Wildman–Crippen LogP) is 2.67. The van der Waals surface area contributed by atoms with Crippen molar-refractivity contribution in [2.45, 2.75) is 17.6 Å². The molecule has 0 fully saturated rings. The van der Waals surface area contributed by atoms with Crippen LogP contribution in [-0.2, 0) is 21.2 Å². The number of amides is 4. The summed E-state index contributed by atoms with van der Waals surface area (Å²) in [6.07, 6.45) is 0.0572. The van der Waals surface area contributed by atoms with Gasteiger partial charge in [0.15, 0.2) is 0 Å². The lowest BCUT2D eigenvalue weighted by atomic mass is 9.97. The van der Waals surface area contributed by atoms with Crippen molar-refractivity contribution < 1.29 is 22.8 Å². The highest BCUT2D eigenvalue weighted by Gasteiger charge is 2.32. The molecule has 10 nitrogen and oxygen atoms in total. The van der Waals surface area contributed by atoms with Crippen molar-refractivity contribution in [3.63, 3.8) is 0 Å². The fourth-order valence-electron chi connectivity index (χ4n) is 3.59. The van der Waals surface area contributed by atoms with Gasteiger partial charge in [-0.2, -0.15) is 0 Å². The summed E-state index contributed by atoms with van der Waals surface area (Å²) < 4.78 is 26.6. The van der Waals surface area contributed by atoms with E-state index in [1.54, 1.807) is 31.2 Å². The van der Waals surface area contributed by atoms with E-state index in [0.29, 0.717) is 29.9 Å². The van der Waals surface area contributed by atoms with E-state index in [1.165, 1.54) is 30.3 Å². The summed E-state index contributed by atoms with van der Waals surface area (Å²) in [5.74, 6) is -0.827. The average molecular weight is 514 g/mol. The van der Waals surface area contributed by atoms with Crippen LogP contribution in [0.1, 0.15) is 20.8 Å². The first-order valence-electron chi connectivity index (χ1n) is 10.6. The SMILES string of the molecule is Cc1ccc(S(=O)(=O)NC(=O)Nc2ccc(N3C(=O)Cc4cc(NCCN)ccc4C3=O)cc2)s1. The van der Waals surface area contributed by atoms with Crippen LogP contribution in [0.25, 0.3) is 0 Å². The third-order valence-corrected chi connectivity index (χ3v) is 8.02. The van der Waals surface area contributed by atoms with Gasteiger partial charge >= 0.3 is 6.03 Å². The Labute approximate surface area is 206 Å². The summed E-state index contributed by atoms with van der Waals surface area (Å²) in [5.41, 5.74) is 7.97. The standard InChI is InChI=1S/C23H23N5O5S2/c1-14-2-9-21(34-14)35(32,33)27-23(31)26-16-3-6-18(7-4-16)28-20(29)13-15-12-17(25-11-10-24)5-8-19(15)22(28)30/h2-9,12,25H,10-11,13,24H2,1H3,(H2,26,27,31). The van der Waals surface area contributed by atoms with Gasteiger partial charge in [0, 0.05) is 34.9 Å². The fraction of sp³-hybridized carbons (Fsp3) is 0.174. The zero-order valence-corrected chi connectivity index (χ0v) is 20.3. The second kappa shape index (κ2) is 9.86. The highest BCUT2D eigenvalue weighted by atomic mass is 32.2. The molecule has 0 atom stereocenters. The Hall–Kier alpha value is -3.74. The quantitative estimate of drug-likeness (QED) is 0.355. The molecule has 1 aromatic heterocycles. The lowest BCUT2D eigenvalue weighted by molar-refractivity contribution is -0.117. The van der Waals surface area contributed by atoms with Gasteiger partial charge in [-0.05, 0) is 67.1 Å². The molecule has 12 heteroatoms. The maximum atomic E-state index is 13.0. The number of nitrogens with zero attached hydrogens (tertiary/aromatic N) is 1. The summed E-state index contributed by atoms with van der Waals surface area (Å²) in [6.45, 7) is 2.80. The molecular weight excluding hydrogens is 490 g/mol. The minimum Gasteiger partial charge on any atom is -0.384 e. The molecule has 4 rings (SSSR count). The molecule has 182 valence electrons. The predicted molar refractivity (Wildman–Crippen MR) is 134 cm³/mol. The molecule has 0 unspecified atom stereocenters. The Kier molecular flexibility index (Phi) is 6.87. The average Bonchev–Trinajstić information content (AvgIpc) is 3.25. The van der Waals surface area contributed by atoms with E-state index in [1.807, 2.05) is 4.72 Å². The zero-order valence-electron chi connectivity index (χ0n) is 18.7. The second-order valence-electron chi connectivity index (χ2n) is 7.77. The first-order valence-corrected chi connectivity index (χ1v) is 12.9. The van der Waals surface area contributed by atoms with Crippen molar-refractivity contribution in [2.24, 2.45) is 5.73 Å². The zero-order chi connectivity index (χ0) is 25.2. The molecule has 3 aromatic rings. The van der Waals surface area contributed by atoms with E-state index >= 15 is 0 Å². The van der Waals surface area contributed by atoms with Crippen molar-refractivity contribution in [2.75, 3.05) is 28.6 Å². The molecule has 1 aliphatic rings. The maximum absolute atomic E-state index is 13.0. The molecule has 0 bridgehead atoms. The smallest absolute Gasteiger partial charge is 0.333 e. The molecule has 1 aliphatic heterocycles. The Balaban J connectivity index is 1.45. The Bertz CT molecular complexity index is 1400. The van der Waals surface area contributed by atoms with Crippen LogP contribution in [0.4, 0.5) is 21.9 Å². The number of rotatable bonds is 7. The van der Waals surface area contributed by atoms with Crippen LogP contribution in [0.5, 0.6) is 0 Å². The van der Waals surface area contributed by atoms with Gasteiger partial charge in [-0.1, -0.05) is 0 Å². The largest absolute Gasteiger partial charge is 0.384 e. The number of urea groups is 1. The van der Waals surface area contributed by atoms with Gasteiger partial charge < -0.3 is 16.4 Å². The van der Waals surface area contributed by atoms with Crippen LogP contribution in [0.3, 0.4) is 0 Å². The number of nitrogens with two attached hydrogens (primary N) is 1. The number of hydrogen-bond donors (Lipinski definition) is 4. The molecular formula is C23H23N5O5S2. The minimum absolute atomic E-state index is 0.0326. The summed E-state index contributed by atoms with van der Waals surface area (Å²) >= 11 is 1.05. The molecule has 0 saturated carbocycles. The number of imide groups is 1. The fourth-order valence-corrected chi connectivity index (χ4v) is 5.78. The van der Waals surface area contributed by atoms with Crippen LogP contribution < -0.4 is 26.0 Å². The lowest BCUT2D eigenvalue weighted by Gasteiger charge is -2.27. The van der Waals surface area contributed by atoms with Crippen molar-refractivity contribution in [1.29, 1.82) is 0 Å². The normalized spacial score (nSPS) is 13.4. The maximum Gasteiger partial charge on any atom is 0.333 e. The molecule has 0 spiro atoms. The number of sulfonamides is 1. The lowest BCUT2D eigenvalue weighted by Crippen LogP contribution is -2.42. The number of carbonyl (C=O) groups excluding carboxylic acids is 3.